The first-order valence-corrected chi connectivity index (χ1v) is 3.95. The molecule has 4 heteroatoms. The van der Waals surface area contributed by atoms with Crippen LogP contribution >= 0.6 is 11.6 Å². The van der Waals surface area contributed by atoms with Crippen molar-refractivity contribution < 1.29 is 39.5 Å². The Labute approximate surface area is 104 Å². The molecule has 0 aliphatic carbocycles. The third-order valence-electron chi connectivity index (χ3n) is 1.70. The monoisotopic (exact) mass is 206 g/mol. The second-order valence-corrected chi connectivity index (χ2v) is 3.03. The van der Waals surface area contributed by atoms with E-state index < -0.39 is 11.9 Å². The largest absolute Gasteiger partial charge is 1.00 e. The predicted octanol–water partition coefficient (Wildman–Crippen LogP) is -1.80. The molecule has 0 unspecified atom stereocenters. The zero-order chi connectivity index (χ0) is 9.14. The quantitative estimate of drug-likeness (QED) is 0.536. The van der Waals surface area contributed by atoms with Gasteiger partial charge >= 0.3 is 29.6 Å². The fraction of sp³-hybridized carbons (Fsp3) is 0.222. The zero-order valence-electron chi connectivity index (χ0n) is 7.58. The molecule has 64 valence electrons. The molecule has 1 aromatic carbocycles. The number of hydrogen-bond acceptors (Lipinski definition) is 2. The number of halogens is 1. The Morgan fingerprint density at radius 2 is 2.15 bits per heavy atom. The number of carboxylic acid groups (broad SMARTS) is 1. The number of aliphatic carboxylic acids is 1. The number of rotatable bonds is 2. The molecule has 0 spiro atoms. The van der Waals surface area contributed by atoms with Crippen LogP contribution < -0.4 is 34.7 Å². The molecule has 0 bridgehead atoms. The van der Waals surface area contributed by atoms with E-state index in [1.54, 1.807) is 31.2 Å². The zero-order valence-corrected chi connectivity index (χ0v) is 10.3. The minimum absolute atomic E-state index is 0. The van der Waals surface area contributed by atoms with Gasteiger partial charge in [0.25, 0.3) is 0 Å². The molecule has 1 rings (SSSR count). The van der Waals surface area contributed by atoms with Gasteiger partial charge in [-0.15, -0.1) is 0 Å². The van der Waals surface area contributed by atoms with Gasteiger partial charge in [0.15, 0.2) is 0 Å². The summed E-state index contributed by atoms with van der Waals surface area (Å²) in [5.41, 5.74) is 0.669. The smallest absolute Gasteiger partial charge is 0.550 e. The van der Waals surface area contributed by atoms with Crippen LogP contribution in [0.1, 0.15) is 18.4 Å². The van der Waals surface area contributed by atoms with Gasteiger partial charge in [-0.2, -0.15) is 0 Å². The maximum Gasteiger partial charge on any atom is 1.00 e. The Hall–Kier alpha value is -0.0200. The van der Waals surface area contributed by atoms with E-state index in [2.05, 4.69) is 0 Å². The number of carbonyl (C=O) groups excluding carboxylic acids is 1. The summed E-state index contributed by atoms with van der Waals surface area (Å²) >= 11 is 5.68. The van der Waals surface area contributed by atoms with Crippen molar-refractivity contribution in [3.63, 3.8) is 0 Å². The van der Waals surface area contributed by atoms with Crippen molar-refractivity contribution in [2.24, 2.45) is 0 Å². The van der Waals surface area contributed by atoms with Crippen molar-refractivity contribution in [1.82, 2.24) is 0 Å². The van der Waals surface area contributed by atoms with Gasteiger partial charge in [0.1, 0.15) is 0 Å². The summed E-state index contributed by atoms with van der Waals surface area (Å²) in [4.78, 5) is 10.5. The van der Waals surface area contributed by atoms with Crippen molar-refractivity contribution in [3.05, 3.63) is 34.9 Å². The summed E-state index contributed by atoms with van der Waals surface area (Å²) in [7, 11) is 0. The van der Waals surface area contributed by atoms with Gasteiger partial charge in [-0.3, -0.25) is 0 Å². The molecule has 0 N–H and O–H groups in total. The molecule has 0 saturated carbocycles. The van der Waals surface area contributed by atoms with Gasteiger partial charge in [0.05, 0.1) is 0 Å². The fourth-order valence-electron chi connectivity index (χ4n) is 0.912. The molecule has 0 aliphatic heterocycles. The predicted molar refractivity (Wildman–Crippen MR) is 44.9 cm³/mol. The Balaban J connectivity index is 0.00000144. The van der Waals surface area contributed by atoms with Gasteiger partial charge in [0.2, 0.25) is 0 Å². The molecule has 0 saturated heterocycles. The average molecular weight is 207 g/mol. The van der Waals surface area contributed by atoms with Crippen LogP contribution in [-0.2, 0) is 4.79 Å². The normalized spacial score (nSPS) is 11.5. The van der Waals surface area contributed by atoms with Gasteiger partial charge in [-0.1, -0.05) is 30.7 Å². The topological polar surface area (TPSA) is 40.1 Å². The van der Waals surface area contributed by atoms with Crippen molar-refractivity contribution in [1.29, 1.82) is 0 Å². The van der Waals surface area contributed by atoms with Crippen LogP contribution in [0, 0.1) is 0 Å². The third-order valence-corrected chi connectivity index (χ3v) is 1.94. The first-order chi connectivity index (χ1) is 5.61. The Morgan fingerprint density at radius 1 is 1.54 bits per heavy atom. The third kappa shape index (κ3) is 3.69. The Morgan fingerprint density at radius 3 is 2.62 bits per heavy atom. The Kier molecular flexibility index (Phi) is 5.65. The molecule has 13 heavy (non-hydrogen) atoms. The average Bonchev–Trinajstić information content (AvgIpc) is 2.03. The SMILES string of the molecule is C[C@H](C(=O)[O-])c1cccc(Cl)c1.[Na+]. The van der Waals surface area contributed by atoms with E-state index in [-0.39, 0.29) is 29.6 Å². The van der Waals surface area contributed by atoms with E-state index in [1.165, 1.54) is 0 Å². The Bertz CT molecular complexity index is 301. The standard InChI is InChI=1S/C9H9ClO2.Na/c1-6(9(11)12)7-3-2-4-8(10)5-7;/h2-6H,1H3,(H,11,12);/q;+1/p-1/t6-;/m0./s1. The molecular weight excluding hydrogens is 199 g/mol. The summed E-state index contributed by atoms with van der Waals surface area (Å²) in [5, 5.41) is 11.0. The van der Waals surface area contributed by atoms with Crippen molar-refractivity contribution in [2.45, 2.75) is 12.8 Å². The summed E-state index contributed by atoms with van der Waals surface area (Å²) in [6, 6.07) is 6.76. The minimum atomic E-state index is -1.09. The summed E-state index contributed by atoms with van der Waals surface area (Å²) < 4.78 is 0. The summed E-state index contributed by atoms with van der Waals surface area (Å²) in [6.45, 7) is 1.57. The molecule has 1 atom stereocenters. The van der Waals surface area contributed by atoms with E-state index in [0.717, 1.165) is 0 Å². The number of carboxylic acids is 1. The van der Waals surface area contributed by atoms with Crippen LogP contribution in [0.3, 0.4) is 0 Å². The van der Waals surface area contributed by atoms with E-state index in [4.69, 9.17) is 11.6 Å². The van der Waals surface area contributed by atoms with Crippen LogP contribution in [0.15, 0.2) is 24.3 Å². The molecule has 2 nitrogen and oxygen atoms in total. The van der Waals surface area contributed by atoms with Crippen LogP contribution in [0.2, 0.25) is 5.02 Å². The maximum absolute atomic E-state index is 10.5. The number of carbonyl (C=O) groups is 1. The molecule has 0 radical (unpaired) electrons. The van der Waals surface area contributed by atoms with Crippen LogP contribution in [0.5, 0.6) is 0 Å². The van der Waals surface area contributed by atoms with E-state index >= 15 is 0 Å². The fourth-order valence-corrected chi connectivity index (χ4v) is 1.11. The molecule has 0 amide bonds. The van der Waals surface area contributed by atoms with Crippen molar-refractivity contribution >= 4 is 17.6 Å². The minimum Gasteiger partial charge on any atom is -0.550 e. The van der Waals surface area contributed by atoms with Gasteiger partial charge < -0.3 is 9.90 Å². The number of hydrogen-bond donors (Lipinski definition) is 0. The van der Waals surface area contributed by atoms with Crippen molar-refractivity contribution in [2.75, 3.05) is 0 Å². The first-order valence-electron chi connectivity index (χ1n) is 3.57. The molecule has 0 aromatic heterocycles. The van der Waals surface area contributed by atoms with Crippen molar-refractivity contribution in [3.8, 4) is 0 Å². The molecule has 1 aromatic rings. The van der Waals surface area contributed by atoms with Gasteiger partial charge in [0, 0.05) is 16.9 Å². The van der Waals surface area contributed by atoms with E-state index in [9.17, 15) is 9.90 Å². The first kappa shape index (κ1) is 13.0. The van der Waals surface area contributed by atoms with Crippen LogP contribution in [0.25, 0.3) is 0 Å². The second-order valence-electron chi connectivity index (χ2n) is 2.60. The number of benzene rings is 1. The molecule has 0 aliphatic rings. The maximum atomic E-state index is 10.5. The summed E-state index contributed by atoms with van der Waals surface area (Å²) in [6.07, 6.45) is 0. The van der Waals surface area contributed by atoms with Crippen LogP contribution in [0.4, 0.5) is 0 Å². The van der Waals surface area contributed by atoms with E-state index in [1.807, 2.05) is 0 Å². The van der Waals surface area contributed by atoms with Gasteiger partial charge in [-0.05, 0) is 17.7 Å². The molecule has 0 heterocycles. The van der Waals surface area contributed by atoms with Gasteiger partial charge in [-0.25, -0.2) is 0 Å². The molecule has 0 fully saturated rings. The molecular formula is C9H8ClNaO2. The summed E-state index contributed by atoms with van der Waals surface area (Å²) in [5.74, 6) is -1.69. The second kappa shape index (κ2) is 5.66. The van der Waals surface area contributed by atoms with Crippen LogP contribution in [-0.4, -0.2) is 5.97 Å². The van der Waals surface area contributed by atoms with E-state index in [0.29, 0.717) is 10.6 Å².